The minimum atomic E-state index is 0.635. The van der Waals surface area contributed by atoms with Gasteiger partial charge in [0.2, 0.25) is 0 Å². The van der Waals surface area contributed by atoms with E-state index in [1.54, 1.807) is 12.3 Å². The number of benzene rings is 1. The lowest BCUT2D eigenvalue weighted by Crippen LogP contribution is -2.41. The van der Waals surface area contributed by atoms with Gasteiger partial charge in [-0.05, 0) is 19.2 Å². The van der Waals surface area contributed by atoms with Crippen molar-refractivity contribution in [1.29, 1.82) is 0 Å². The summed E-state index contributed by atoms with van der Waals surface area (Å²) in [7, 11) is 2.12. The van der Waals surface area contributed by atoms with Crippen LogP contribution in [-0.4, -0.2) is 49.4 Å². The molecule has 0 aliphatic carbocycles. The first-order chi connectivity index (χ1) is 8.15. The van der Waals surface area contributed by atoms with Gasteiger partial charge in [-0.1, -0.05) is 29.3 Å². The van der Waals surface area contributed by atoms with Gasteiger partial charge >= 0.3 is 0 Å². The molecule has 1 aliphatic rings. The van der Waals surface area contributed by atoms with E-state index < -0.39 is 0 Å². The molecular weight excluding hydrogens is 257 g/mol. The second-order valence-electron chi connectivity index (χ2n) is 4.17. The molecule has 0 N–H and O–H groups in total. The topological polar surface area (TPSA) is 18.8 Å². The molecule has 92 valence electrons. The van der Waals surface area contributed by atoms with Crippen molar-refractivity contribution in [3.05, 3.63) is 33.8 Å². The third-order valence-corrected chi connectivity index (χ3v) is 3.36. The molecule has 1 saturated heterocycles. The molecule has 1 aliphatic heterocycles. The zero-order valence-electron chi connectivity index (χ0n) is 9.74. The molecule has 1 heterocycles. The van der Waals surface area contributed by atoms with Crippen LogP contribution in [0.2, 0.25) is 10.0 Å². The number of hydrogen-bond donors (Lipinski definition) is 0. The standard InChI is InChI=1S/C12H15Cl2N3/c1-16-4-6-17(7-5-16)15-9-10-2-3-11(13)8-12(10)14/h2-3,8-9H,4-7H2,1H3/b15-9-. The van der Waals surface area contributed by atoms with Gasteiger partial charge in [-0.15, -0.1) is 0 Å². The Hall–Kier alpha value is -0.770. The second-order valence-corrected chi connectivity index (χ2v) is 5.01. The Bertz CT molecular complexity index is 412. The van der Waals surface area contributed by atoms with E-state index in [4.69, 9.17) is 23.2 Å². The van der Waals surface area contributed by atoms with Crippen LogP contribution in [0.3, 0.4) is 0 Å². The summed E-state index contributed by atoms with van der Waals surface area (Å²) in [5.41, 5.74) is 0.898. The van der Waals surface area contributed by atoms with Crippen LogP contribution in [0.4, 0.5) is 0 Å². The Morgan fingerprint density at radius 3 is 2.53 bits per heavy atom. The van der Waals surface area contributed by atoms with Crippen molar-refractivity contribution < 1.29 is 0 Å². The van der Waals surface area contributed by atoms with Gasteiger partial charge < -0.3 is 4.90 Å². The van der Waals surface area contributed by atoms with E-state index in [9.17, 15) is 0 Å². The first-order valence-electron chi connectivity index (χ1n) is 5.57. The molecule has 0 spiro atoms. The van der Waals surface area contributed by atoms with E-state index in [-0.39, 0.29) is 0 Å². The second kappa shape index (κ2) is 5.71. The molecule has 2 rings (SSSR count). The summed E-state index contributed by atoms with van der Waals surface area (Å²) in [6.07, 6.45) is 1.80. The fourth-order valence-corrected chi connectivity index (χ4v) is 2.12. The van der Waals surface area contributed by atoms with Gasteiger partial charge in [0, 0.05) is 36.8 Å². The van der Waals surface area contributed by atoms with Crippen molar-refractivity contribution in [3.8, 4) is 0 Å². The van der Waals surface area contributed by atoms with Crippen LogP contribution in [0.1, 0.15) is 5.56 Å². The average molecular weight is 272 g/mol. The number of nitrogens with zero attached hydrogens (tertiary/aromatic N) is 3. The predicted octanol–water partition coefficient (Wildman–Crippen LogP) is 2.57. The molecule has 0 unspecified atom stereocenters. The van der Waals surface area contributed by atoms with E-state index in [2.05, 4.69) is 22.1 Å². The van der Waals surface area contributed by atoms with Crippen LogP contribution in [0.5, 0.6) is 0 Å². The molecule has 0 atom stereocenters. The smallest absolute Gasteiger partial charge is 0.0557 e. The zero-order chi connectivity index (χ0) is 12.3. The van der Waals surface area contributed by atoms with E-state index >= 15 is 0 Å². The summed E-state index contributed by atoms with van der Waals surface area (Å²) in [6.45, 7) is 4.01. The number of hydrazone groups is 1. The van der Waals surface area contributed by atoms with E-state index in [1.165, 1.54) is 0 Å². The van der Waals surface area contributed by atoms with Crippen molar-refractivity contribution in [3.63, 3.8) is 0 Å². The van der Waals surface area contributed by atoms with Gasteiger partial charge in [0.1, 0.15) is 0 Å². The summed E-state index contributed by atoms with van der Waals surface area (Å²) in [6, 6.07) is 5.43. The van der Waals surface area contributed by atoms with E-state index in [0.29, 0.717) is 10.0 Å². The first kappa shape index (κ1) is 12.7. The minimum Gasteiger partial charge on any atom is -0.303 e. The molecule has 0 bridgehead atoms. The van der Waals surface area contributed by atoms with Crippen molar-refractivity contribution in [1.82, 2.24) is 9.91 Å². The molecule has 0 saturated carbocycles. The molecule has 17 heavy (non-hydrogen) atoms. The molecule has 0 amide bonds. The van der Waals surface area contributed by atoms with Gasteiger partial charge in [-0.25, -0.2) is 0 Å². The molecule has 3 nitrogen and oxygen atoms in total. The lowest BCUT2D eigenvalue weighted by molar-refractivity contribution is 0.159. The van der Waals surface area contributed by atoms with Gasteiger partial charge in [-0.2, -0.15) is 5.10 Å². The first-order valence-corrected chi connectivity index (χ1v) is 6.33. The lowest BCUT2D eigenvalue weighted by atomic mass is 10.2. The number of piperazine rings is 1. The summed E-state index contributed by atoms with van der Waals surface area (Å²) in [5.74, 6) is 0. The zero-order valence-corrected chi connectivity index (χ0v) is 11.2. The Kier molecular flexibility index (Phi) is 4.26. The molecular formula is C12H15Cl2N3. The fraction of sp³-hybridized carbons (Fsp3) is 0.417. The van der Waals surface area contributed by atoms with E-state index in [0.717, 1.165) is 31.7 Å². The quantitative estimate of drug-likeness (QED) is 0.770. The highest BCUT2D eigenvalue weighted by Gasteiger charge is 2.10. The van der Waals surface area contributed by atoms with Crippen LogP contribution in [-0.2, 0) is 0 Å². The van der Waals surface area contributed by atoms with Crippen LogP contribution >= 0.6 is 23.2 Å². The highest BCUT2D eigenvalue weighted by molar-refractivity contribution is 6.36. The third-order valence-electron chi connectivity index (χ3n) is 2.80. The number of likely N-dealkylation sites (N-methyl/N-ethyl adjacent to an activating group) is 1. The third kappa shape index (κ3) is 3.60. The normalized spacial score (nSPS) is 17.9. The van der Waals surface area contributed by atoms with Gasteiger partial charge in [-0.3, -0.25) is 5.01 Å². The molecule has 1 aromatic carbocycles. The minimum absolute atomic E-state index is 0.635. The van der Waals surface area contributed by atoms with Crippen molar-refractivity contribution in [2.75, 3.05) is 33.2 Å². The Balaban J connectivity index is 2.00. The fourth-order valence-electron chi connectivity index (χ4n) is 1.66. The molecule has 0 radical (unpaired) electrons. The molecule has 1 aromatic rings. The van der Waals surface area contributed by atoms with Crippen LogP contribution in [0, 0.1) is 0 Å². The number of halogens is 2. The highest BCUT2D eigenvalue weighted by Crippen LogP contribution is 2.19. The van der Waals surface area contributed by atoms with Crippen LogP contribution in [0.15, 0.2) is 23.3 Å². The largest absolute Gasteiger partial charge is 0.303 e. The Labute approximate surface area is 112 Å². The maximum absolute atomic E-state index is 6.07. The van der Waals surface area contributed by atoms with Crippen molar-refractivity contribution in [2.24, 2.45) is 5.10 Å². The Morgan fingerprint density at radius 2 is 1.88 bits per heavy atom. The number of hydrogen-bond acceptors (Lipinski definition) is 3. The van der Waals surface area contributed by atoms with Crippen molar-refractivity contribution in [2.45, 2.75) is 0 Å². The van der Waals surface area contributed by atoms with Gasteiger partial charge in [0.15, 0.2) is 0 Å². The van der Waals surface area contributed by atoms with Crippen LogP contribution < -0.4 is 0 Å². The summed E-state index contributed by atoms with van der Waals surface area (Å²) in [5, 5.41) is 7.77. The van der Waals surface area contributed by atoms with Crippen LogP contribution in [0.25, 0.3) is 0 Å². The lowest BCUT2D eigenvalue weighted by Gasteiger charge is -2.30. The number of rotatable bonds is 2. The predicted molar refractivity (Wildman–Crippen MR) is 73.1 cm³/mol. The highest BCUT2D eigenvalue weighted by atomic mass is 35.5. The summed E-state index contributed by atoms with van der Waals surface area (Å²) < 4.78 is 0. The van der Waals surface area contributed by atoms with E-state index in [1.807, 2.05) is 12.1 Å². The monoisotopic (exact) mass is 271 g/mol. The maximum Gasteiger partial charge on any atom is 0.0557 e. The molecule has 0 aromatic heterocycles. The van der Waals surface area contributed by atoms with Gasteiger partial charge in [0.25, 0.3) is 0 Å². The average Bonchev–Trinajstić information content (AvgIpc) is 2.30. The van der Waals surface area contributed by atoms with Crippen molar-refractivity contribution >= 4 is 29.4 Å². The SMILES string of the molecule is CN1CCN(/N=C\c2ccc(Cl)cc2Cl)CC1. The maximum atomic E-state index is 6.07. The molecule has 5 heteroatoms. The Morgan fingerprint density at radius 1 is 1.18 bits per heavy atom. The summed E-state index contributed by atoms with van der Waals surface area (Å²) in [4.78, 5) is 2.29. The summed E-state index contributed by atoms with van der Waals surface area (Å²) >= 11 is 11.9. The molecule has 1 fully saturated rings. The van der Waals surface area contributed by atoms with Gasteiger partial charge in [0.05, 0.1) is 11.2 Å².